The van der Waals surface area contributed by atoms with Crippen LogP contribution in [0.25, 0.3) is 10.2 Å². The molecule has 7 heteroatoms. The first-order chi connectivity index (χ1) is 11.5. The fourth-order valence-corrected chi connectivity index (χ4v) is 3.72. The van der Waals surface area contributed by atoms with E-state index in [9.17, 15) is 14.9 Å². The van der Waals surface area contributed by atoms with Crippen LogP contribution in [-0.4, -0.2) is 15.4 Å². The predicted octanol–water partition coefficient (Wildman–Crippen LogP) is 3.68. The topological polar surface area (TPSA) is 77.5 Å². The molecule has 24 heavy (non-hydrogen) atoms. The van der Waals surface area contributed by atoms with E-state index in [1.165, 1.54) is 29.5 Å². The van der Waals surface area contributed by atoms with Crippen LogP contribution in [0.3, 0.4) is 0 Å². The van der Waals surface area contributed by atoms with Gasteiger partial charge in [-0.3, -0.25) is 14.9 Å². The lowest BCUT2D eigenvalue weighted by atomic mass is 10.2. The molecular weight excluding hydrogens is 326 g/mol. The molecule has 0 radical (unpaired) electrons. The molecule has 0 aliphatic carbocycles. The van der Waals surface area contributed by atoms with Crippen molar-refractivity contribution in [3.8, 4) is 0 Å². The summed E-state index contributed by atoms with van der Waals surface area (Å²) in [5, 5.41) is 11.1. The molecular formula is C17H15N3O3S. The molecule has 0 atom stereocenters. The highest BCUT2D eigenvalue weighted by Crippen LogP contribution is 2.21. The number of para-hydroxylation sites is 1. The van der Waals surface area contributed by atoms with Gasteiger partial charge in [0, 0.05) is 12.6 Å². The summed E-state index contributed by atoms with van der Waals surface area (Å²) in [6, 6.07) is 11.9. The van der Waals surface area contributed by atoms with Crippen LogP contribution in [0.4, 0.5) is 5.69 Å². The monoisotopic (exact) mass is 341 g/mol. The van der Waals surface area contributed by atoms with E-state index in [2.05, 4.69) is 4.99 Å². The summed E-state index contributed by atoms with van der Waals surface area (Å²) in [5.41, 5.74) is 1.90. The van der Waals surface area contributed by atoms with E-state index >= 15 is 0 Å². The van der Waals surface area contributed by atoms with Crippen LogP contribution < -0.4 is 4.80 Å². The van der Waals surface area contributed by atoms with Crippen molar-refractivity contribution in [1.29, 1.82) is 0 Å². The zero-order valence-corrected chi connectivity index (χ0v) is 14.0. The number of nitrogens with zero attached hydrogens (tertiary/aromatic N) is 3. The Morgan fingerprint density at radius 3 is 2.75 bits per heavy atom. The maximum Gasteiger partial charge on any atom is 0.286 e. The maximum atomic E-state index is 12.5. The van der Waals surface area contributed by atoms with Gasteiger partial charge in [0.15, 0.2) is 4.80 Å². The van der Waals surface area contributed by atoms with Crippen LogP contribution in [0.2, 0.25) is 0 Å². The number of benzene rings is 2. The third kappa shape index (κ3) is 2.85. The number of nitro groups is 1. The van der Waals surface area contributed by atoms with Crippen LogP contribution in [0, 0.1) is 17.0 Å². The van der Waals surface area contributed by atoms with Crippen molar-refractivity contribution in [3.63, 3.8) is 0 Å². The zero-order valence-electron chi connectivity index (χ0n) is 13.2. The van der Waals surface area contributed by atoms with Gasteiger partial charge in [0.25, 0.3) is 11.6 Å². The third-order valence-electron chi connectivity index (χ3n) is 3.68. The van der Waals surface area contributed by atoms with Gasteiger partial charge in [-0.2, -0.15) is 4.99 Å². The molecule has 6 nitrogen and oxygen atoms in total. The van der Waals surface area contributed by atoms with Gasteiger partial charge in [0.05, 0.1) is 15.1 Å². The fraction of sp³-hybridized carbons (Fsp3) is 0.176. The van der Waals surface area contributed by atoms with Crippen LogP contribution in [0.5, 0.6) is 0 Å². The van der Waals surface area contributed by atoms with E-state index in [-0.39, 0.29) is 11.3 Å². The number of amides is 1. The smallest absolute Gasteiger partial charge is 0.286 e. The molecule has 3 rings (SSSR count). The highest BCUT2D eigenvalue weighted by molar-refractivity contribution is 7.16. The second-order valence-corrected chi connectivity index (χ2v) is 6.30. The number of thiazole rings is 1. The van der Waals surface area contributed by atoms with Crippen molar-refractivity contribution in [2.24, 2.45) is 4.99 Å². The van der Waals surface area contributed by atoms with Gasteiger partial charge >= 0.3 is 0 Å². The standard InChI is InChI=1S/C17H15N3O3S/c1-3-19-14-9-8-11(2)10-15(14)24-17(19)18-16(21)12-6-4-5-7-13(12)20(22)23/h4-10H,3H2,1-2H3. The SMILES string of the molecule is CCn1c(=NC(=O)c2ccccc2[N+](=O)[O-])sc2cc(C)ccc21. The van der Waals surface area contributed by atoms with Crippen molar-refractivity contribution >= 4 is 33.1 Å². The molecule has 0 bridgehead atoms. The summed E-state index contributed by atoms with van der Waals surface area (Å²) in [6.07, 6.45) is 0. The van der Waals surface area contributed by atoms with Gasteiger partial charge in [-0.05, 0) is 37.6 Å². The van der Waals surface area contributed by atoms with E-state index in [1.807, 2.05) is 36.6 Å². The van der Waals surface area contributed by atoms with Crippen LogP contribution in [0.1, 0.15) is 22.8 Å². The Morgan fingerprint density at radius 2 is 2.04 bits per heavy atom. The average Bonchev–Trinajstić information content (AvgIpc) is 2.90. The van der Waals surface area contributed by atoms with Gasteiger partial charge in [0.1, 0.15) is 5.56 Å². The van der Waals surface area contributed by atoms with Crippen molar-refractivity contribution in [2.75, 3.05) is 0 Å². The molecule has 0 N–H and O–H groups in total. The molecule has 0 aliphatic heterocycles. The molecule has 1 aromatic heterocycles. The Labute approximate surface area is 141 Å². The summed E-state index contributed by atoms with van der Waals surface area (Å²) >= 11 is 1.41. The summed E-state index contributed by atoms with van der Waals surface area (Å²) in [5.74, 6) is -0.604. The molecule has 2 aromatic carbocycles. The first-order valence-corrected chi connectivity index (χ1v) is 8.25. The lowest BCUT2D eigenvalue weighted by Crippen LogP contribution is -2.16. The van der Waals surface area contributed by atoms with E-state index in [0.717, 1.165) is 15.8 Å². The van der Waals surface area contributed by atoms with E-state index in [0.29, 0.717) is 11.3 Å². The minimum atomic E-state index is -0.604. The predicted molar refractivity (Wildman–Crippen MR) is 93.2 cm³/mol. The van der Waals surface area contributed by atoms with Gasteiger partial charge in [-0.1, -0.05) is 29.5 Å². The molecule has 0 saturated carbocycles. The Hall–Kier alpha value is -2.80. The first kappa shape index (κ1) is 16.1. The van der Waals surface area contributed by atoms with E-state index in [1.54, 1.807) is 6.07 Å². The summed E-state index contributed by atoms with van der Waals surface area (Å²) in [4.78, 5) is 27.7. The van der Waals surface area contributed by atoms with Crippen LogP contribution in [-0.2, 0) is 6.54 Å². The van der Waals surface area contributed by atoms with Crippen molar-refractivity contribution in [2.45, 2.75) is 20.4 Å². The molecule has 0 saturated heterocycles. The third-order valence-corrected chi connectivity index (χ3v) is 4.72. The van der Waals surface area contributed by atoms with Crippen LogP contribution in [0.15, 0.2) is 47.5 Å². The second kappa shape index (κ2) is 6.37. The largest absolute Gasteiger partial charge is 0.317 e. The summed E-state index contributed by atoms with van der Waals surface area (Å²) < 4.78 is 2.97. The number of carbonyl (C=O) groups is 1. The fourth-order valence-electron chi connectivity index (χ4n) is 2.53. The highest BCUT2D eigenvalue weighted by Gasteiger charge is 2.19. The Balaban J connectivity index is 2.17. The highest BCUT2D eigenvalue weighted by atomic mass is 32.1. The van der Waals surface area contributed by atoms with Gasteiger partial charge < -0.3 is 4.57 Å². The lowest BCUT2D eigenvalue weighted by molar-refractivity contribution is -0.385. The number of carbonyl (C=O) groups excluding carboxylic acids is 1. The average molecular weight is 341 g/mol. The van der Waals surface area contributed by atoms with E-state index < -0.39 is 10.8 Å². The Morgan fingerprint density at radius 1 is 1.29 bits per heavy atom. The molecule has 1 amide bonds. The molecule has 1 heterocycles. The number of nitro benzene ring substituents is 1. The minimum Gasteiger partial charge on any atom is -0.317 e. The maximum absolute atomic E-state index is 12.5. The quantitative estimate of drug-likeness (QED) is 0.538. The Kier molecular flexibility index (Phi) is 4.26. The number of aryl methyl sites for hydroxylation is 2. The lowest BCUT2D eigenvalue weighted by Gasteiger charge is -2.01. The molecule has 0 spiro atoms. The van der Waals surface area contributed by atoms with E-state index in [4.69, 9.17) is 0 Å². The second-order valence-electron chi connectivity index (χ2n) is 5.29. The van der Waals surface area contributed by atoms with Gasteiger partial charge in [-0.15, -0.1) is 0 Å². The number of hydrogen-bond donors (Lipinski definition) is 0. The number of fused-ring (bicyclic) bond motifs is 1. The summed E-state index contributed by atoms with van der Waals surface area (Å²) in [7, 11) is 0. The zero-order chi connectivity index (χ0) is 17.3. The summed E-state index contributed by atoms with van der Waals surface area (Å²) in [6.45, 7) is 4.64. The minimum absolute atomic E-state index is 0.00112. The normalized spacial score (nSPS) is 11.8. The number of aromatic nitrogens is 1. The molecule has 0 aliphatic rings. The van der Waals surface area contributed by atoms with Crippen molar-refractivity contribution < 1.29 is 9.72 Å². The Bertz CT molecular complexity index is 1020. The van der Waals surface area contributed by atoms with Crippen molar-refractivity contribution in [1.82, 2.24) is 4.57 Å². The molecule has 3 aromatic rings. The molecule has 0 fully saturated rings. The number of rotatable bonds is 3. The number of hydrogen-bond acceptors (Lipinski definition) is 4. The van der Waals surface area contributed by atoms with Crippen molar-refractivity contribution in [3.05, 3.63) is 68.5 Å². The van der Waals surface area contributed by atoms with Crippen LogP contribution >= 0.6 is 11.3 Å². The molecule has 122 valence electrons. The first-order valence-electron chi connectivity index (χ1n) is 7.43. The molecule has 0 unspecified atom stereocenters. The van der Waals surface area contributed by atoms with Gasteiger partial charge in [0.2, 0.25) is 0 Å². The van der Waals surface area contributed by atoms with Gasteiger partial charge in [-0.25, -0.2) is 0 Å².